The van der Waals surface area contributed by atoms with Crippen molar-refractivity contribution in [1.82, 2.24) is 19.2 Å². The van der Waals surface area contributed by atoms with Crippen LogP contribution in [-0.4, -0.2) is 44.3 Å². The van der Waals surface area contributed by atoms with Crippen molar-refractivity contribution in [3.8, 4) is 0 Å². The summed E-state index contributed by atoms with van der Waals surface area (Å²) in [6, 6.07) is 12.8. The van der Waals surface area contributed by atoms with E-state index >= 15 is 0 Å². The Balaban J connectivity index is 1.32. The Morgan fingerprint density at radius 3 is 2.93 bits per heavy atom. The molecule has 1 saturated carbocycles. The van der Waals surface area contributed by atoms with Crippen molar-refractivity contribution >= 4 is 22.4 Å². The summed E-state index contributed by atoms with van der Waals surface area (Å²) in [5.74, 6) is 1.70. The molecule has 2 aromatic carbocycles. The smallest absolute Gasteiger partial charge is 0.345 e. The van der Waals surface area contributed by atoms with Gasteiger partial charge in [-0.15, -0.1) is 0 Å². The number of benzene rings is 2. The van der Waals surface area contributed by atoms with E-state index in [4.69, 9.17) is 0 Å². The minimum Gasteiger partial charge on any atom is -0.362 e. The molecule has 2 aliphatic heterocycles. The molecule has 3 heterocycles. The summed E-state index contributed by atoms with van der Waals surface area (Å²) in [6.07, 6.45) is 3.57. The summed E-state index contributed by atoms with van der Waals surface area (Å²) in [5, 5.41) is 6.59. The van der Waals surface area contributed by atoms with Gasteiger partial charge in [-0.1, -0.05) is 18.2 Å². The van der Waals surface area contributed by atoms with Crippen molar-refractivity contribution in [3.63, 3.8) is 0 Å². The maximum Gasteiger partial charge on any atom is 0.345 e. The van der Waals surface area contributed by atoms with Crippen molar-refractivity contribution in [1.29, 1.82) is 0 Å². The van der Waals surface area contributed by atoms with E-state index in [1.54, 1.807) is 11.6 Å². The maximum absolute atomic E-state index is 13.1. The van der Waals surface area contributed by atoms with Gasteiger partial charge in [-0.2, -0.15) is 5.10 Å². The predicted octanol–water partition coefficient (Wildman–Crippen LogP) is 2.38. The molecule has 7 heteroatoms. The van der Waals surface area contributed by atoms with Gasteiger partial charge in [-0.3, -0.25) is 9.36 Å². The molecule has 2 unspecified atom stereocenters. The van der Waals surface area contributed by atoms with Crippen LogP contribution >= 0.6 is 0 Å². The van der Waals surface area contributed by atoms with Gasteiger partial charge in [0.15, 0.2) is 5.82 Å². The van der Waals surface area contributed by atoms with Crippen LogP contribution in [0.15, 0.2) is 41.2 Å². The van der Waals surface area contributed by atoms with Gasteiger partial charge >= 0.3 is 5.69 Å². The third kappa shape index (κ3) is 2.68. The van der Waals surface area contributed by atoms with E-state index in [2.05, 4.69) is 33.1 Å². The molecule has 30 heavy (non-hydrogen) atoms. The highest BCUT2D eigenvalue weighted by atomic mass is 16.2. The number of hydrogen-bond donors (Lipinski definition) is 0. The second-order valence-corrected chi connectivity index (χ2v) is 8.81. The Hall–Kier alpha value is -3.09. The fraction of sp³-hybridized carbons (Fsp3) is 0.435. The highest BCUT2D eigenvalue weighted by Gasteiger charge is 2.46. The first-order valence-electron chi connectivity index (χ1n) is 10.8. The minimum absolute atomic E-state index is 0.0543. The molecule has 6 rings (SSSR count). The molecule has 2 fully saturated rings. The normalized spacial score (nSPS) is 22.7. The van der Waals surface area contributed by atoms with Crippen LogP contribution in [0.5, 0.6) is 0 Å². The Kier molecular flexibility index (Phi) is 3.82. The first kappa shape index (κ1) is 17.7. The summed E-state index contributed by atoms with van der Waals surface area (Å²) >= 11 is 0. The molecular weight excluding hydrogens is 378 g/mol. The topological polar surface area (TPSA) is 63.4 Å². The summed E-state index contributed by atoms with van der Waals surface area (Å²) in [5.41, 5.74) is 1.85. The number of nitrogens with zero attached hydrogens (tertiary/aromatic N) is 5. The molecule has 0 N–H and O–H groups in total. The Morgan fingerprint density at radius 2 is 2.03 bits per heavy atom. The number of carbonyl (C=O) groups is 1. The van der Waals surface area contributed by atoms with Crippen LogP contribution in [0, 0.1) is 5.92 Å². The molecule has 2 atom stereocenters. The van der Waals surface area contributed by atoms with Crippen molar-refractivity contribution in [2.75, 3.05) is 18.0 Å². The summed E-state index contributed by atoms with van der Waals surface area (Å²) in [4.78, 5) is 29.6. The van der Waals surface area contributed by atoms with E-state index in [1.807, 2.05) is 18.2 Å². The van der Waals surface area contributed by atoms with Crippen molar-refractivity contribution < 1.29 is 4.79 Å². The van der Waals surface area contributed by atoms with E-state index in [1.165, 1.54) is 17.5 Å². The predicted molar refractivity (Wildman–Crippen MR) is 115 cm³/mol. The average Bonchev–Trinajstić information content (AvgIpc) is 3.51. The van der Waals surface area contributed by atoms with Crippen molar-refractivity contribution in [3.05, 3.63) is 58.3 Å². The Bertz CT molecular complexity index is 1230. The van der Waals surface area contributed by atoms with Gasteiger partial charge in [0.2, 0.25) is 0 Å². The van der Waals surface area contributed by atoms with E-state index in [0.717, 1.165) is 53.3 Å². The quantitative estimate of drug-likeness (QED) is 0.659. The lowest BCUT2D eigenvalue weighted by atomic mass is 10.0. The number of aromatic nitrogens is 3. The first-order chi connectivity index (χ1) is 14.6. The lowest BCUT2D eigenvalue weighted by Crippen LogP contribution is -2.37. The fourth-order valence-electron chi connectivity index (χ4n) is 5.28. The minimum atomic E-state index is -0.0543. The third-order valence-electron chi connectivity index (χ3n) is 6.98. The van der Waals surface area contributed by atoms with Crippen LogP contribution in [0.4, 0.5) is 5.69 Å². The van der Waals surface area contributed by atoms with E-state index in [0.29, 0.717) is 19.1 Å². The zero-order valence-electron chi connectivity index (χ0n) is 17.1. The van der Waals surface area contributed by atoms with E-state index < -0.39 is 0 Å². The monoisotopic (exact) mass is 403 g/mol. The lowest BCUT2D eigenvalue weighted by Gasteiger charge is -2.30. The molecule has 1 aromatic heterocycles. The lowest BCUT2D eigenvalue weighted by molar-refractivity contribution is 0.0706. The second kappa shape index (κ2) is 6.45. The van der Waals surface area contributed by atoms with E-state index in [-0.39, 0.29) is 11.6 Å². The maximum atomic E-state index is 13.1. The van der Waals surface area contributed by atoms with Gasteiger partial charge in [-0.05, 0) is 48.8 Å². The number of carbonyl (C=O) groups excluding carboxylic acids is 1. The molecule has 7 nitrogen and oxygen atoms in total. The van der Waals surface area contributed by atoms with Crippen LogP contribution in [0.2, 0.25) is 0 Å². The highest BCUT2D eigenvalue weighted by molar-refractivity contribution is 6.02. The molecule has 3 aromatic rings. The van der Waals surface area contributed by atoms with Gasteiger partial charge in [0.05, 0.1) is 6.54 Å². The molecule has 1 aliphatic carbocycles. The number of aryl methyl sites for hydroxylation is 1. The van der Waals surface area contributed by atoms with Gasteiger partial charge in [-0.25, -0.2) is 9.48 Å². The number of anilines is 1. The van der Waals surface area contributed by atoms with Crippen LogP contribution in [0.1, 0.15) is 35.4 Å². The summed E-state index contributed by atoms with van der Waals surface area (Å²) in [6.45, 7) is 2.88. The van der Waals surface area contributed by atoms with Crippen LogP contribution in [-0.2, 0) is 20.1 Å². The largest absolute Gasteiger partial charge is 0.362 e. The number of likely N-dealkylation sites (tertiary alicyclic amines) is 1. The molecular formula is C23H25N5O2. The first-order valence-corrected chi connectivity index (χ1v) is 10.8. The summed E-state index contributed by atoms with van der Waals surface area (Å²) < 4.78 is 3.16. The van der Waals surface area contributed by atoms with E-state index in [9.17, 15) is 9.59 Å². The van der Waals surface area contributed by atoms with Gasteiger partial charge in [0, 0.05) is 49.4 Å². The molecule has 3 aliphatic rings. The molecule has 0 bridgehead atoms. The number of rotatable bonds is 2. The number of amides is 1. The molecule has 1 saturated heterocycles. The van der Waals surface area contributed by atoms with Gasteiger partial charge < -0.3 is 9.80 Å². The average molecular weight is 403 g/mol. The number of fused-ring (bicyclic) bond motifs is 3. The van der Waals surface area contributed by atoms with Crippen LogP contribution < -0.4 is 10.6 Å². The third-order valence-corrected chi connectivity index (χ3v) is 6.98. The molecule has 0 radical (unpaired) electrons. The van der Waals surface area contributed by atoms with Crippen molar-refractivity contribution in [2.45, 2.75) is 38.4 Å². The number of piperidine rings is 1. The molecule has 0 spiro atoms. The standard InChI is InChI=1S/C23H25N5O2/c1-25-23(30)28-11-10-26(14-21(28)24-25)19-6-2-4-15-12-17(7-8-18(15)19)22(29)27-9-3-5-16-13-20(16)27/h2,4,6-8,12,16,20H,3,5,9-11,13-14H2,1H3. The molecule has 154 valence electrons. The van der Waals surface area contributed by atoms with Gasteiger partial charge in [0.1, 0.15) is 0 Å². The Morgan fingerprint density at radius 1 is 1.13 bits per heavy atom. The number of hydrogen-bond acceptors (Lipinski definition) is 4. The zero-order chi connectivity index (χ0) is 20.4. The SMILES string of the molecule is Cn1nc2n(c1=O)CCN(c1cccc3cc(C(=O)N4CCCC5CC54)ccc13)C2. The highest BCUT2D eigenvalue weighted by Crippen LogP contribution is 2.43. The van der Waals surface area contributed by atoms with Gasteiger partial charge in [0.25, 0.3) is 5.91 Å². The van der Waals surface area contributed by atoms with Crippen LogP contribution in [0.25, 0.3) is 10.8 Å². The fourth-order valence-corrected chi connectivity index (χ4v) is 5.28. The summed E-state index contributed by atoms with van der Waals surface area (Å²) in [7, 11) is 1.70. The van der Waals surface area contributed by atoms with Crippen molar-refractivity contribution in [2.24, 2.45) is 13.0 Å². The van der Waals surface area contributed by atoms with Crippen LogP contribution in [0.3, 0.4) is 0 Å². The Labute approximate surface area is 174 Å². The zero-order valence-corrected chi connectivity index (χ0v) is 17.1. The second-order valence-electron chi connectivity index (χ2n) is 8.81. The molecule has 1 amide bonds.